The Morgan fingerprint density at radius 1 is 1.00 bits per heavy atom. The first-order valence-electron chi connectivity index (χ1n) is 16.2. The Labute approximate surface area is 288 Å². The van der Waals surface area contributed by atoms with Gasteiger partial charge in [0, 0.05) is 45.5 Å². The van der Waals surface area contributed by atoms with Gasteiger partial charge in [-0.25, -0.2) is 18.2 Å². The molecule has 1 aromatic carbocycles. The zero-order chi connectivity index (χ0) is 37.2. The Kier molecular flexibility index (Phi) is 14.0. The van der Waals surface area contributed by atoms with Gasteiger partial charge in [0.05, 0.1) is 42.0 Å². The van der Waals surface area contributed by atoms with Crippen LogP contribution in [0.5, 0.6) is 5.75 Å². The van der Waals surface area contributed by atoms with E-state index in [0.29, 0.717) is 74.0 Å². The number of rotatable bonds is 16. The van der Waals surface area contributed by atoms with E-state index in [9.17, 15) is 32.7 Å². The topological polar surface area (TPSA) is 253 Å². The monoisotopic (exact) mass is 723 g/mol. The van der Waals surface area contributed by atoms with Crippen molar-refractivity contribution in [3.05, 3.63) is 40.3 Å². The maximum absolute atomic E-state index is 13.5. The molecule has 0 spiro atoms. The molecule has 17 nitrogen and oxygen atoms in total. The SMILES string of the molecule is CCCOc1ccc(S(=O)(=O)N2CCN(CCO)CC2)cc1-c1nc2c(CCC)cn(CC)c2c(=O)[nH]1.O=C(O)CC(O)(CC(=O)O)C(=O)O. The molecule has 2 aromatic heterocycles. The van der Waals surface area contributed by atoms with Gasteiger partial charge in [-0.2, -0.15) is 4.31 Å². The van der Waals surface area contributed by atoms with Crippen LogP contribution in [0.1, 0.15) is 52.0 Å². The minimum Gasteiger partial charge on any atom is -0.493 e. The summed E-state index contributed by atoms with van der Waals surface area (Å²) >= 11 is 0. The third kappa shape index (κ3) is 9.66. The number of hydrogen-bond donors (Lipinski definition) is 6. The van der Waals surface area contributed by atoms with Crippen LogP contribution in [-0.2, 0) is 37.4 Å². The Hall–Kier alpha value is -4.36. The number of aromatic nitrogens is 3. The number of aromatic amines is 1. The molecular formula is C32H45N5O12S. The van der Waals surface area contributed by atoms with E-state index in [1.54, 1.807) is 18.2 Å². The highest BCUT2D eigenvalue weighted by Gasteiger charge is 2.40. The highest BCUT2D eigenvalue weighted by molar-refractivity contribution is 7.89. The van der Waals surface area contributed by atoms with Gasteiger partial charge in [0.25, 0.3) is 5.56 Å². The summed E-state index contributed by atoms with van der Waals surface area (Å²) in [6, 6.07) is 4.76. The first-order chi connectivity index (χ1) is 23.6. The number of aryl methyl sites for hydroxylation is 2. The van der Waals surface area contributed by atoms with Crippen LogP contribution >= 0.6 is 0 Å². The van der Waals surface area contributed by atoms with Crippen LogP contribution < -0.4 is 10.3 Å². The Morgan fingerprint density at radius 3 is 2.16 bits per heavy atom. The molecular weight excluding hydrogens is 678 g/mol. The molecule has 0 aliphatic carbocycles. The summed E-state index contributed by atoms with van der Waals surface area (Å²) in [6.07, 6.45) is 2.17. The molecule has 1 fully saturated rings. The maximum Gasteiger partial charge on any atom is 0.336 e. The number of carboxylic acid groups (broad SMARTS) is 3. The van der Waals surface area contributed by atoms with E-state index in [1.807, 2.05) is 29.5 Å². The molecule has 0 saturated carbocycles. The number of fused-ring (bicyclic) bond motifs is 1. The molecule has 3 heterocycles. The summed E-state index contributed by atoms with van der Waals surface area (Å²) in [7, 11) is -3.77. The fraction of sp³-hybridized carbons (Fsp3) is 0.531. The normalized spacial score (nSPS) is 14.3. The van der Waals surface area contributed by atoms with Gasteiger partial charge >= 0.3 is 17.9 Å². The Balaban J connectivity index is 0.000000442. The van der Waals surface area contributed by atoms with E-state index < -0.39 is 46.4 Å². The zero-order valence-corrected chi connectivity index (χ0v) is 29.1. The number of aliphatic hydroxyl groups excluding tert-OH is 1. The van der Waals surface area contributed by atoms with Gasteiger partial charge in [0.1, 0.15) is 17.1 Å². The van der Waals surface area contributed by atoms with Gasteiger partial charge in [0.15, 0.2) is 5.60 Å². The van der Waals surface area contributed by atoms with Gasteiger partial charge in [-0.15, -0.1) is 0 Å². The predicted molar refractivity (Wildman–Crippen MR) is 181 cm³/mol. The number of carboxylic acids is 3. The molecule has 1 aliphatic heterocycles. The number of aliphatic carboxylic acids is 3. The molecule has 276 valence electrons. The van der Waals surface area contributed by atoms with Crippen molar-refractivity contribution in [3.8, 4) is 17.1 Å². The highest BCUT2D eigenvalue weighted by atomic mass is 32.2. The van der Waals surface area contributed by atoms with Crippen LogP contribution in [0.15, 0.2) is 34.1 Å². The molecule has 0 bridgehead atoms. The number of sulfonamides is 1. The molecule has 0 radical (unpaired) electrons. The van der Waals surface area contributed by atoms with E-state index >= 15 is 0 Å². The Morgan fingerprint density at radius 2 is 1.64 bits per heavy atom. The van der Waals surface area contributed by atoms with Gasteiger partial charge in [-0.1, -0.05) is 20.3 Å². The van der Waals surface area contributed by atoms with Gasteiger partial charge < -0.3 is 39.8 Å². The summed E-state index contributed by atoms with van der Waals surface area (Å²) in [5.41, 5.74) is -0.407. The van der Waals surface area contributed by atoms with Crippen LogP contribution in [0.4, 0.5) is 0 Å². The molecule has 1 aliphatic rings. The van der Waals surface area contributed by atoms with Crippen LogP contribution in [0.25, 0.3) is 22.4 Å². The van der Waals surface area contributed by atoms with Crippen molar-refractivity contribution in [2.75, 3.05) is 45.9 Å². The second-order valence-electron chi connectivity index (χ2n) is 11.8. The summed E-state index contributed by atoms with van der Waals surface area (Å²) in [6.45, 7) is 9.54. The van der Waals surface area contributed by atoms with E-state index in [2.05, 4.69) is 11.9 Å². The summed E-state index contributed by atoms with van der Waals surface area (Å²) in [5.74, 6) is -4.25. The third-order valence-electron chi connectivity index (χ3n) is 8.00. The summed E-state index contributed by atoms with van der Waals surface area (Å²) < 4.78 is 36.4. The molecule has 0 unspecified atom stereocenters. The van der Waals surface area contributed by atoms with Crippen molar-refractivity contribution in [2.24, 2.45) is 0 Å². The predicted octanol–water partition coefficient (Wildman–Crippen LogP) is 1.20. The average Bonchev–Trinajstić information content (AvgIpc) is 3.41. The average molecular weight is 724 g/mol. The first-order valence-corrected chi connectivity index (χ1v) is 17.7. The van der Waals surface area contributed by atoms with Crippen molar-refractivity contribution < 1.29 is 53.1 Å². The fourth-order valence-corrected chi connectivity index (χ4v) is 6.94. The lowest BCUT2D eigenvalue weighted by molar-refractivity contribution is -0.170. The van der Waals surface area contributed by atoms with Crippen LogP contribution in [0.2, 0.25) is 0 Å². The number of carbonyl (C=O) groups is 3. The van der Waals surface area contributed by atoms with Crippen molar-refractivity contribution in [1.82, 2.24) is 23.7 Å². The minimum atomic E-state index is -3.77. The van der Waals surface area contributed by atoms with Crippen molar-refractivity contribution in [3.63, 3.8) is 0 Å². The van der Waals surface area contributed by atoms with Gasteiger partial charge in [-0.05, 0) is 43.5 Å². The summed E-state index contributed by atoms with van der Waals surface area (Å²) in [4.78, 5) is 53.6. The van der Waals surface area contributed by atoms with Gasteiger partial charge in [0.2, 0.25) is 10.0 Å². The number of ether oxygens (including phenoxy) is 1. The number of β-amino-alcohol motifs (C(OH)–C–C–N with tert-alkyl or cyclic N) is 1. The van der Waals surface area contributed by atoms with Crippen molar-refractivity contribution in [1.29, 1.82) is 0 Å². The van der Waals surface area contributed by atoms with Crippen molar-refractivity contribution in [2.45, 2.75) is 69.9 Å². The molecule has 0 atom stereocenters. The van der Waals surface area contributed by atoms with Crippen LogP contribution in [-0.4, -0.2) is 127 Å². The molecule has 6 N–H and O–H groups in total. The number of nitrogens with one attached hydrogen (secondary N) is 1. The van der Waals surface area contributed by atoms with E-state index in [1.165, 1.54) is 4.31 Å². The van der Waals surface area contributed by atoms with Crippen molar-refractivity contribution >= 4 is 39.0 Å². The number of benzene rings is 1. The Bertz CT molecular complexity index is 1810. The molecule has 3 aromatic rings. The zero-order valence-electron chi connectivity index (χ0n) is 28.3. The molecule has 18 heteroatoms. The smallest absolute Gasteiger partial charge is 0.336 e. The van der Waals surface area contributed by atoms with Crippen LogP contribution in [0, 0.1) is 0 Å². The number of H-pyrrole nitrogens is 1. The third-order valence-corrected chi connectivity index (χ3v) is 9.89. The number of piperazine rings is 1. The molecule has 50 heavy (non-hydrogen) atoms. The van der Waals surface area contributed by atoms with E-state index in [4.69, 9.17) is 30.1 Å². The van der Waals surface area contributed by atoms with E-state index in [-0.39, 0.29) is 17.1 Å². The lowest BCUT2D eigenvalue weighted by atomic mass is 9.96. The second kappa shape index (κ2) is 17.5. The standard InChI is InChI=1S/C26H37N5O5S.C6H8O7/c1-4-7-19-18-30(6-3)24-23(19)27-25(28-26(24)33)21-17-20(8-9-22(21)36-16-5-2)37(34,35)31-12-10-29(11-13-31)14-15-32;7-3(8)1-6(13,5(11)12)2-4(9)10/h8-9,17-18,32H,4-7,10-16H2,1-3H3,(H,27,28,33);13H,1-2H2,(H,7,8)(H,9,10)(H,11,12). The number of nitrogens with zero attached hydrogens (tertiary/aromatic N) is 4. The first kappa shape index (κ1) is 40.1. The number of aliphatic hydroxyl groups is 2. The lowest BCUT2D eigenvalue weighted by Gasteiger charge is -2.33. The van der Waals surface area contributed by atoms with E-state index in [0.717, 1.165) is 24.8 Å². The van der Waals surface area contributed by atoms with Gasteiger partial charge in [-0.3, -0.25) is 19.3 Å². The highest BCUT2D eigenvalue weighted by Crippen LogP contribution is 2.33. The fourth-order valence-electron chi connectivity index (χ4n) is 5.49. The maximum atomic E-state index is 13.5. The quantitative estimate of drug-likeness (QED) is 0.122. The molecule has 0 amide bonds. The molecule has 4 rings (SSSR count). The van der Waals surface area contributed by atoms with Crippen LogP contribution in [0.3, 0.4) is 0 Å². The number of hydrogen-bond acceptors (Lipinski definition) is 11. The summed E-state index contributed by atoms with van der Waals surface area (Å²) in [5, 5.41) is 43.0. The largest absolute Gasteiger partial charge is 0.493 e. The lowest BCUT2D eigenvalue weighted by Crippen LogP contribution is -2.49. The minimum absolute atomic E-state index is 0.0481. The molecule has 1 saturated heterocycles. The second-order valence-corrected chi connectivity index (χ2v) is 13.7.